The summed E-state index contributed by atoms with van der Waals surface area (Å²) in [5.74, 6) is 0.164. The molecule has 1 aromatic heterocycles. The van der Waals surface area contributed by atoms with Gasteiger partial charge in [-0.25, -0.2) is 13.5 Å². The fourth-order valence-electron chi connectivity index (χ4n) is 0.704. The molecule has 0 saturated heterocycles. The predicted octanol–water partition coefficient (Wildman–Crippen LogP) is 1.72. The number of aromatic nitrogens is 2. The summed E-state index contributed by atoms with van der Waals surface area (Å²) in [5, 5.41) is 3.94. The van der Waals surface area contributed by atoms with Gasteiger partial charge in [0.15, 0.2) is 6.61 Å². The largest absolute Gasteiger partial charge is 0.471 e. The van der Waals surface area contributed by atoms with Crippen LogP contribution in [0.3, 0.4) is 0 Å². The van der Waals surface area contributed by atoms with Gasteiger partial charge in [-0.1, -0.05) is 11.6 Å². The fraction of sp³-hybridized carbons (Fsp3) is 0.500. The Morgan fingerprint density at radius 2 is 2.42 bits per heavy atom. The van der Waals surface area contributed by atoms with Crippen LogP contribution in [0.4, 0.5) is 8.78 Å². The molecule has 0 aliphatic carbocycles. The zero-order chi connectivity index (χ0) is 9.14. The number of halogens is 3. The smallest absolute Gasteiger partial charge is 0.272 e. The normalized spacial score (nSPS) is 10.8. The average molecular weight is 197 g/mol. The molecule has 0 saturated carbocycles. The number of ether oxygens (including phenoxy) is 1. The second-order valence-corrected chi connectivity index (χ2v) is 2.53. The SMILES string of the molecule is Cn1ncc(Cl)c1OCC(F)F. The number of hydrogen-bond donors (Lipinski definition) is 0. The molecule has 0 bridgehead atoms. The van der Waals surface area contributed by atoms with E-state index in [0.717, 1.165) is 0 Å². The van der Waals surface area contributed by atoms with E-state index in [1.54, 1.807) is 7.05 Å². The molecule has 12 heavy (non-hydrogen) atoms. The number of hydrogen-bond acceptors (Lipinski definition) is 2. The Kier molecular flexibility index (Phi) is 2.86. The van der Waals surface area contributed by atoms with Crippen LogP contribution < -0.4 is 4.74 Å². The number of rotatable bonds is 3. The highest BCUT2D eigenvalue weighted by molar-refractivity contribution is 6.31. The molecule has 0 radical (unpaired) electrons. The number of nitrogens with zero attached hydrogens (tertiary/aromatic N) is 2. The molecule has 3 nitrogen and oxygen atoms in total. The van der Waals surface area contributed by atoms with Gasteiger partial charge in [0.05, 0.1) is 6.20 Å². The van der Waals surface area contributed by atoms with Gasteiger partial charge in [0, 0.05) is 7.05 Å². The Bertz CT molecular complexity index is 245. The maximum Gasteiger partial charge on any atom is 0.272 e. The molecular weight excluding hydrogens is 190 g/mol. The minimum atomic E-state index is -2.50. The van der Waals surface area contributed by atoms with E-state index in [0.29, 0.717) is 0 Å². The Balaban J connectivity index is 2.62. The van der Waals surface area contributed by atoms with Crippen LogP contribution in [0.5, 0.6) is 5.88 Å². The lowest BCUT2D eigenvalue weighted by atomic mass is 10.6. The molecule has 0 amide bonds. The molecule has 0 aromatic carbocycles. The van der Waals surface area contributed by atoms with E-state index in [2.05, 4.69) is 9.84 Å². The third kappa shape index (κ3) is 2.07. The Labute approximate surface area is 72.9 Å². The van der Waals surface area contributed by atoms with Gasteiger partial charge in [0.2, 0.25) is 5.88 Å². The van der Waals surface area contributed by atoms with Crippen molar-refractivity contribution in [1.82, 2.24) is 9.78 Å². The molecule has 1 heterocycles. The summed E-state index contributed by atoms with van der Waals surface area (Å²) in [7, 11) is 1.56. The lowest BCUT2D eigenvalue weighted by Gasteiger charge is -2.04. The van der Waals surface area contributed by atoms with Crippen LogP contribution in [0, 0.1) is 0 Å². The van der Waals surface area contributed by atoms with Gasteiger partial charge in [0.25, 0.3) is 6.43 Å². The second-order valence-electron chi connectivity index (χ2n) is 2.12. The van der Waals surface area contributed by atoms with E-state index in [1.165, 1.54) is 10.9 Å². The first-order chi connectivity index (χ1) is 5.61. The number of alkyl halides is 2. The van der Waals surface area contributed by atoms with Gasteiger partial charge in [0.1, 0.15) is 5.02 Å². The van der Waals surface area contributed by atoms with E-state index >= 15 is 0 Å². The van der Waals surface area contributed by atoms with Crippen LogP contribution in [0.2, 0.25) is 5.02 Å². The Morgan fingerprint density at radius 1 is 1.75 bits per heavy atom. The molecule has 0 fully saturated rings. The van der Waals surface area contributed by atoms with Crippen LogP contribution in [0.15, 0.2) is 6.20 Å². The van der Waals surface area contributed by atoms with Crippen LogP contribution in [0.1, 0.15) is 0 Å². The predicted molar refractivity (Wildman–Crippen MR) is 39.7 cm³/mol. The van der Waals surface area contributed by atoms with E-state index in [4.69, 9.17) is 11.6 Å². The summed E-state index contributed by atoms with van der Waals surface area (Å²) in [6.07, 6.45) is -1.17. The molecule has 0 unspecified atom stereocenters. The third-order valence-electron chi connectivity index (χ3n) is 1.19. The summed E-state index contributed by atoms with van der Waals surface area (Å²) in [6, 6.07) is 0. The summed E-state index contributed by atoms with van der Waals surface area (Å²) in [6.45, 7) is -0.667. The van der Waals surface area contributed by atoms with E-state index in [1.807, 2.05) is 0 Å². The molecule has 1 aromatic rings. The van der Waals surface area contributed by atoms with Crippen molar-refractivity contribution in [2.45, 2.75) is 6.43 Å². The third-order valence-corrected chi connectivity index (χ3v) is 1.45. The van der Waals surface area contributed by atoms with Crippen LogP contribution >= 0.6 is 11.6 Å². The van der Waals surface area contributed by atoms with Crippen molar-refractivity contribution in [3.05, 3.63) is 11.2 Å². The quantitative estimate of drug-likeness (QED) is 0.736. The molecule has 0 aliphatic heterocycles. The minimum absolute atomic E-state index is 0.164. The monoisotopic (exact) mass is 196 g/mol. The van der Waals surface area contributed by atoms with Gasteiger partial charge < -0.3 is 4.74 Å². The fourth-order valence-corrected chi connectivity index (χ4v) is 0.924. The first-order valence-corrected chi connectivity index (χ1v) is 3.57. The maximum atomic E-state index is 11.7. The van der Waals surface area contributed by atoms with Crippen molar-refractivity contribution in [2.24, 2.45) is 7.05 Å². The lowest BCUT2D eigenvalue weighted by molar-refractivity contribution is 0.0775. The van der Waals surface area contributed by atoms with Crippen molar-refractivity contribution < 1.29 is 13.5 Å². The van der Waals surface area contributed by atoms with E-state index in [-0.39, 0.29) is 10.9 Å². The van der Waals surface area contributed by atoms with Crippen LogP contribution in [-0.4, -0.2) is 22.8 Å². The lowest BCUT2D eigenvalue weighted by Crippen LogP contribution is -2.09. The second kappa shape index (κ2) is 3.71. The molecule has 0 spiro atoms. The molecule has 0 N–H and O–H groups in total. The van der Waals surface area contributed by atoms with E-state index < -0.39 is 13.0 Å². The first kappa shape index (κ1) is 9.25. The topological polar surface area (TPSA) is 27.1 Å². The van der Waals surface area contributed by atoms with E-state index in [9.17, 15) is 8.78 Å². The Morgan fingerprint density at radius 3 is 2.83 bits per heavy atom. The van der Waals surface area contributed by atoms with Gasteiger partial charge in [-0.05, 0) is 0 Å². The van der Waals surface area contributed by atoms with Crippen molar-refractivity contribution >= 4 is 11.6 Å². The van der Waals surface area contributed by atoms with Gasteiger partial charge in [-0.15, -0.1) is 0 Å². The molecule has 1 rings (SSSR count). The highest BCUT2D eigenvalue weighted by Crippen LogP contribution is 2.22. The van der Waals surface area contributed by atoms with Gasteiger partial charge in [-0.3, -0.25) is 0 Å². The van der Waals surface area contributed by atoms with Gasteiger partial charge in [-0.2, -0.15) is 5.10 Å². The van der Waals surface area contributed by atoms with Gasteiger partial charge >= 0.3 is 0 Å². The summed E-state index contributed by atoms with van der Waals surface area (Å²) in [4.78, 5) is 0. The summed E-state index contributed by atoms with van der Waals surface area (Å²) in [5.41, 5.74) is 0. The Hall–Kier alpha value is -0.840. The van der Waals surface area contributed by atoms with Crippen LogP contribution in [0.25, 0.3) is 0 Å². The molecule has 0 atom stereocenters. The first-order valence-electron chi connectivity index (χ1n) is 3.19. The summed E-state index contributed by atoms with van der Waals surface area (Å²) >= 11 is 5.58. The zero-order valence-electron chi connectivity index (χ0n) is 6.30. The standard InChI is InChI=1S/C6H7ClF2N2O/c1-11-6(4(7)2-10-11)12-3-5(8)9/h2,5H,3H2,1H3. The van der Waals surface area contributed by atoms with Crippen molar-refractivity contribution in [3.8, 4) is 5.88 Å². The zero-order valence-corrected chi connectivity index (χ0v) is 7.05. The number of aryl methyl sites for hydroxylation is 1. The van der Waals surface area contributed by atoms with Crippen molar-refractivity contribution in [3.63, 3.8) is 0 Å². The molecule has 6 heteroatoms. The molecule has 0 aliphatic rings. The maximum absolute atomic E-state index is 11.7. The van der Waals surface area contributed by atoms with Crippen molar-refractivity contribution in [2.75, 3.05) is 6.61 Å². The van der Waals surface area contributed by atoms with Crippen molar-refractivity contribution in [1.29, 1.82) is 0 Å². The highest BCUT2D eigenvalue weighted by Gasteiger charge is 2.10. The molecule has 68 valence electrons. The van der Waals surface area contributed by atoms with Crippen LogP contribution in [-0.2, 0) is 7.05 Å². The average Bonchev–Trinajstić information content (AvgIpc) is 2.28. The summed E-state index contributed by atoms with van der Waals surface area (Å²) < 4.78 is 29.4. The highest BCUT2D eigenvalue weighted by atomic mass is 35.5. The minimum Gasteiger partial charge on any atom is -0.471 e. The molecular formula is C6H7ClF2N2O.